The van der Waals surface area contributed by atoms with Gasteiger partial charge in [-0.25, -0.2) is 0 Å². The molecule has 2 aromatic rings. The van der Waals surface area contributed by atoms with Crippen LogP contribution in [0.1, 0.15) is 5.56 Å². The van der Waals surface area contributed by atoms with E-state index in [0.29, 0.717) is 0 Å². The Hall–Kier alpha value is -0.870. The summed E-state index contributed by atoms with van der Waals surface area (Å²) >= 11 is 7.77. The molecule has 0 saturated carbocycles. The van der Waals surface area contributed by atoms with Crippen LogP contribution in [-0.2, 0) is 11.2 Å². The minimum atomic E-state index is -0.330. The molecule has 0 aromatic heterocycles. The van der Waals surface area contributed by atoms with Crippen molar-refractivity contribution in [3.63, 3.8) is 0 Å². The smallest absolute Gasteiger partial charge is 0.226 e. The van der Waals surface area contributed by atoms with Gasteiger partial charge in [-0.2, -0.15) is 0 Å². The molecular weight excluding hydrogens is 347 g/mol. The molecule has 0 aliphatic heterocycles. The Balaban J connectivity index is 2.52. The van der Waals surface area contributed by atoms with Gasteiger partial charge in [0.2, 0.25) is 5.24 Å². The first-order chi connectivity index (χ1) is 8.18. The molecule has 0 fully saturated rings. The van der Waals surface area contributed by atoms with E-state index in [-0.39, 0.29) is 11.7 Å². The van der Waals surface area contributed by atoms with Crippen LogP contribution in [0, 0.1) is 3.57 Å². The minimum absolute atomic E-state index is 0.267. The van der Waals surface area contributed by atoms with Crippen molar-refractivity contribution < 1.29 is 4.79 Å². The highest BCUT2D eigenvalue weighted by atomic mass is 127. The Morgan fingerprint density at radius 3 is 2.24 bits per heavy atom. The first-order valence-electron chi connectivity index (χ1n) is 5.19. The molecule has 17 heavy (non-hydrogen) atoms. The summed E-state index contributed by atoms with van der Waals surface area (Å²) in [6, 6.07) is 16.0. The monoisotopic (exact) mass is 356 g/mol. The van der Waals surface area contributed by atoms with Crippen LogP contribution >= 0.6 is 34.2 Å². The molecule has 0 spiro atoms. The van der Waals surface area contributed by atoms with Crippen LogP contribution in [0.4, 0.5) is 0 Å². The molecule has 0 saturated heterocycles. The highest BCUT2D eigenvalue weighted by Gasteiger charge is 2.09. The SMILES string of the molecule is O=C(Cl)Cc1ccccc1-c1ccccc1I. The van der Waals surface area contributed by atoms with Crippen molar-refractivity contribution in [2.45, 2.75) is 6.42 Å². The molecule has 0 atom stereocenters. The molecule has 0 amide bonds. The summed E-state index contributed by atoms with van der Waals surface area (Å²) in [5.74, 6) is 0. The second-order valence-electron chi connectivity index (χ2n) is 3.67. The van der Waals surface area contributed by atoms with Gasteiger partial charge in [-0.15, -0.1) is 0 Å². The van der Waals surface area contributed by atoms with Crippen LogP contribution < -0.4 is 0 Å². The van der Waals surface area contributed by atoms with Crippen LogP contribution in [0.25, 0.3) is 11.1 Å². The fourth-order valence-corrected chi connectivity index (χ4v) is 2.59. The van der Waals surface area contributed by atoms with Gasteiger partial charge in [-0.05, 0) is 56.9 Å². The molecule has 0 N–H and O–H groups in total. The maximum atomic E-state index is 11.0. The van der Waals surface area contributed by atoms with Crippen molar-refractivity contribution in [3.05, 3.63) is 57.7 Å². The number of rotatable bonds is 3. The zero-order chi connectivity index (χ0) is 12.3. The summed E-state index contributed by atoms with van der Waals surface area (Å²) in [5, 5.41) is -0.330. The third kappa shape index (κ3) is 3.07. The maximum Gasteiger partial charge on any atom is 0.226 e. The zero-order valence-corrected chi connectivity index (χ0v) is 11.9. The third-order valence-electron chi connectivity index (χ3n) is 2.51. The molecule has 1 nitrogen and oxygen atoms in total. The topological polar surface area (TPSA) is 17.1 Å². The lowest BCUT2D eigenvalue weighted by molar-refractivity contribution is -0.111. The van der Waals surface area contributed by atoms with E-state index >= 15 is 0 Å². The lowest BCUT2D eigenvalue weighted by Gasteiger charge is -2.09. The normalized spacial score (nSPS) is 10.2. The molecule has 3 heteroatoms. The Kier molecular flexibility index (Phi) is 4.18. The van der Waals surface area contributed by atoms with Crippen molar-refractivity contribution in [2.24, 2.45) is 0 Å². The number of hydrogen-bond donors (Lipinski definition) is 0. The molecule has 0 aliphatic rings. The first kappa shape index (κ1) is 12.6. The first-order valence-corrected chi connectivity index (χ1v) is 6.65. The quantitative estimate of drug-likeness (QED) is 0.593. The predicted octanol–water partition coefficient (Wildman–Crippen LogP) is 4.27. The molecule has 2 aromatic carbocycles. The van der Waals surface area contributed by atoms with Crippen molar-refractivity contribution in [1.82, 2.24) is 0 Å². The zero-order valence-electron chi connectivity index (χ0n) is 8.99. The van der Waals surface area contributed by atoms with E-state index in [1.807, 2.05) is 36.4 Å². The molecule has 0 bridgehead atoms. The van der Waals surface area contributed by atoms with Gasteiger partial charge < -0.3 is 0 Å². The Morgan fingerprint density at radius 2 is 1.59 bits per heavy atom. The highest BCUT2D eigenvalue weighted by molar-refractivity contribution is 14.1. The molecule has 0 heterocycles. The van der Waals surface area contributed by atoms with Crippen LogP contribution in [0.2, 0.25) is 0 Å². The van der Waals surface area contributed by atoms with E-state index in [9.17, 15) is 4.79 Å². The molecule has 0 radical (unpaired) electrons. The molecule has 0 unspecified atom stereocenters. The summed E-state index contributed by atoms with van der Waals surface area (Å²) in [5.41, 5.74) is 3.18. The summed E-state index contributed by atoms with van der Waals surface area (Å²) in [7, 11) is 0. The number of halogens is 2. The second-order valence-corrected chi connectivity index (χ2v) is 5.25. The van der Waals surface area contributed by atoms with Gasteiger partial charge in [0.1, 0.15) is 0 Å². The van der Waals surface area contributed by atoms with E-state index in [1.165, 1.54) is 3.57 Å². The minimum Gasteiger partial charge on any atom is -0.281 e. The lowest BCUT2D eigenvalue weighted by Crippen LogP contribution is -1.97. The van der Waals surface area contributed by atoms with E-state index in [1.54, 1.807) is 0 Å². The molecular formula is C14H10ClIO. The van der Waals surface area contributed by atoms with E-state index < -0.39 is 0 Å². The largest absolute Gasteiger partial charge is 0.281 e. The van der Waals surface area contributed by atoms with E-state index in [4.69, 9.17) is 11.6 Å². The summed E-state index contributed by atoms with van der Waals surface area (Å²) in [6.07, 6.45) is 0.267. The Bertz CT molecular complexity index is 551. The fourth-order valence-electron chi connectivity index (χ4n) is 1.77. The summed E-state index contributed by atoms with van der Waals surface area (Å²) < 4.78 is 1.17. The van der Waals surface area contributed by atoms with Crippen molar-refractivity contribution in [2.75, 3.05) is 0 Å². The number of carbonyl (C=O) groups is 1. The van der Waals surface area contributed by atoms with Gasteiger partial charge in [0.25, 0.3) is 0 Å². The second kappa shape index (κ2) is 5.65. The van der Waals surface area contributed by atoms with E-state index in [0.717, 1.165) is 16.7 Å². The standard InChI is InChI=1S/C14H10ClIO/c15-14(17)9-10-5-1-2-6-11(10)12-7-3-4-8-13(12)16/h1-8H,9H2. The van der Waals surface area contributed by atoms with E-state index in [2.05, 4.69) is 34.7 Å². The van der Waals surface area contributed by atoms with Gasteiger partial charge in [0.15, 0.2) is 0 Å². The van der Waals surface area contributed by atoms with Gasteiger partial charge in [-0.3, -0.25) is 4.79 Å². The Labute approximate surface area is 119 Å². The highest BCUT2D eigenvalue weighted by Crippen LogP contribution is 2.28. The lowest BCUT2D eigenvalue weighted by atomic mass is 9.98. The van der Waals surface area contributed by atoms with Crippen LogP contribution in [-0.4, -0.2) is 5.24 Å². The fraction of sp³-hybridized carbons (Fsp3) is 0.0714. The van der Waals surface area contributed by atoms with Crippen LogP contribution in [0.15, 0.2) is 48.5 Å². The van der Waals surface area contributed by atoms with Crippen molar-refractivity contribution >= 4 is 39.4 Å². The third-order valence-corrected chi connectivity index (χ3v) is 3.59. The maximum absolute atomic E-state index is 11.0. The van der Waals surface area contributed by atoms with Gasteiger partial charge >= 0.3 is 0 Å². The van der Waals surface area contributed by atoms with Crippen molar-refractivity contribution in [3.8, 4) is 11.1 Å². The van der Waals surface area contributed by atoms with Crippen LogP contribution in [0.3, 0.4) is 0 Å². The summed E-state index contributed by atoms with van der Waals surface area (Å²) in [6.45, 7) is 0. The average Bonchev–Trinajstić information content (AvgIpc) is 2.30. The number of carbonyl (C=O) groups excluding carboxylic acids is 1. The van der Waals surface area contributed by atoms with Gasteiger partial charge in [0.05, 0.1) is 0 Å². The molecule has 86 valence electrons. The molecule has 2 rings (SSSR count). The predicted molar refractivity (Wildman–Crippen MR) is 79.2 cm³/mol. The average molecular weight is 357 g/mol. The van der Waals surface area contributed by atoms with Crippen molar-refractivity contribution in [1.29, 1.82) is 0 Å². The molecule has 0 aliphatic carbocycles. The van der Waals surface area contributed by atoms with Gasteiger partial charge in [0, 0.05) is 9.99 Å². The summed E-state index contributed by atoms with van der Waals surface area (Å²) in [4.78, 5) is 11.0. The van der Waals surface area contributed by atoms with Crippen LogP contribution in [0.5, 0.6) is 0 Å². The number of hydrogen-bond acceptors (Lipinski definition) is 1. The number of benzene rings is 2. The van der Waals surface area contributed by atoms with Gasteiger partial charge in [-0.1, -0.05) is 42.5 Å². The Morgan fingerprint density at radius 1 is 1.00 bits per heavy atom.